The highest BCUT2D eigenvalue weighted by molar-refractivity contribution is 6.20. The summed E-state index contributed by atoms with van der Waals surface area (Å²) >= 11 is 6.29. The zero-order valence-electron chi connectivity index (χ0n) is 11.0. The van der Waals surface area contributed by atoms with Crippen molar-refractivity contribution < 1.29 is 0 Å². The molecule has 1 atom stereocenters. The summed E-state index contributed by atoms with van der Waals surface area (Å²) in [5.74, 6) is 0.883. The van der Waals surface area contributed by atoms with Crippen LogP contribution >= 0.6 is 11.6 Å². The molecule has 3 rings (SSSR count). The first-order valence-corrected chi connectivity index (χ1v) is 6.79. The second-order valence-electron chi connectivity index (χ2n) is 4.75. The van der Waals surface area contributed by atoms with Crippen LogP contribution in [-0.2, 0) is 0 Å². The van der Waals surface area contributed by atoms with E-state index in [1.165, 1.54) is 5.56 Å². The molecule has 1 unspecified atom stereocenters. The van der Waals surface area contributed by atoms with Crippen molar-refractivity contribution in [1.29, 1.82) is 0 Å². The highest BCUT2D eigenvalue weighted by atomic mass is 35.5. The van der Waals surface area contributed by atoms with Crippen molar-refractivity contribution in [3.8, 4) is 5.69 Å². The molecule has 0 aliphatic rings. The van der Waals surface area contributed by atoms with Gasteiger partial charge in [-0.3, -0.25) is 4.57 Å². The van der Waals surface area contributed by atoms with Gasteiger partial charge in [0, 0.05) is 5.69 Å². The molecule has 0 saturated carbocycles. The van der Waals surface area contributed by atoms with E-state index >= 15 is 0 Å². The molecule has 2 nitrogen and oxygen atoms in total. The Morgan fingerprint density at radius 3 is 2.53 bits per heavy atom. The molecule has 1 aromatic heterocycles. The van der Waals surface area contributed by atoms with Crippen LogP contribution in [0.15, 0.2) is 48.5 Å². The predicted octanol–water partition coefficient (Wildman–Crippen LogP) is 4.63. The van der Waals surface area contributed by atoms with Gasteiger partial charge in [-0.2, -0.15) is 0 Å². The Balaban J connectivity index is 2.36. The lowest BCUT2D eigenvalue weighted by atomic mass is 10.2. The maximum atomic E-state index is 6.29. The van der Waals surface area contributed by atoms with Gasteiger partial charge in [-0.25, -0.2) is 4.98 Å². The van der Waals surface area contributed by atoms with E-state index in [0.29, 0.717) is 0 Å². The van der Waals surface area contributed by atoms with Gasteiger partial charge in [0.05, 0.1) is 16.4 Å². The first-order chi connectivity index (χ1) is 9.16. The van der Waals surface area contributed by atoms with E-state index in [1.54, 1.807) is 0 Å². The SMILES string of the molecule is Cc1ccc2nc(C(C)Cl)n(-c3ccccc3)c2c1. The highest BCUT2D eigenvalue weighted by Crippen LogP contribution is 2.28. The molecule has 1 heterocycles. The largest absolute Gasteiger partial charge is 0.295 e. The van der Waals surface area contributed by atoms with Gasteiger partial charge in [0.15, 0.2) is 0 Å². The summed E-state index contributed by atoms with van der Waals surface area (Å²) in [5.41, 5.74) is 4.40. The van der Waals surface area contributed by atoms with Gasteiger partial charge in [0.25, 0.3) is 0 Å². The lowest BCUT2D eigenvalue weighted by Gasteiger charge is -2.10. The van der Waals surface area contributed by atoms with Crippen LogP contribution in [0.1, 0.15) is 23.7 Å². The average Bonchev–Trinajstić information content (AvgIpc) is 2.78. The molecule has 0 spiro atoms. The van der Waals surface area contributed by atoms with Crippen molar-refractivity contribution >= 4 is 22.6 Å². The van der Waals surface area contributed by atoms with E-state index < -0.39 is 0 Å². The molecule has 0 bridgehead atoms. The van der Waals surface area contributed by atoms with Crippen molar-refractivity contribution in [2.75, 3.05) is 0 Å². The highest BCUT2D eigenvalue weighted by Gasteiger charge is 2.15. The average molecular weight is 271 g/mol. The number of fused-ring (bicyclic) bond motifs is 1. The molecule has 0 aliphatic carbocycles. The van der Waals surface area contributed by atoms with Gasteiger partial charge in [-0.05, 0) is 43.7 Å². The lowest BCUT2D eigenvalue weighted by Crippen LogP contribution is -2.01. The van der Waals surface area contributed by atoms with Crippen molar-refractivity contribution in [3.05, 3.63) is 59.9 Å². The summed E-state index contributed by atoms with van der Waals surface area (Å²) in [4.78, 5) is 4.66. The lowest BCUT2D eigenvalue weighted by molar-refractivity contribution is 0.882. The fourth-order valence-corrected chi connectivity index (χ4v) is 2.47. The number of hydrogen-bond acceptors (Lipinski definition) is 1. The summed E-state index contributed by atoms with van der Waals surface area (Å²) in [6.45, 7) is 4.04. The number of aromatic nitrogens is 2. The van der Waals surface area contributed by atoms with E-state index in [1.807, 2.05) is 31.2 Å². The number of rotatable bonds is 2. The van der Waals surface area contributed by atoms with Crippen LogP contribution in [0.3, 0.4) is 0 Å². The molecule has 0 saturated heterocycles. The van der Waals surface area contributed by atoms with E-state index in [0.717, 1.165) is 22.5 Å². The monoisotopic (exact) mass is 270 g/mol. The van der Waals surface area contributed by atoms with Gasteiger partial charge in [0.2, 0.25) is 0 Å². The molecule has 0 N–H and O–H groups in total. The van der Waals surface area contributed by atoms with Gasteiger partial charge < -0.3 is 0 Å². The van der Waals surface area contributed by atoms with Crippen molar-refractivity contribution in [3.63, 3.8) is 0 Å². The first-order valence-electron chi connectivity index (χ1n) is 6.35. The van der Waals surface area contributed by atoms with Crippen molar-refractivity contribution in [1.82, 2.24) is 9.55 Å². The Labute approximate surface area is 117 Å². The van der Waals surface area contributed by atoms with E-state index in [9.17, 15) is 0 Å². The topological polar surface area (TPSA) is 17.8 Å². The van der Waals surface area contributed by atoms with Crippen LogP contribution in [0, 0.1) is 6.92 Å². The van der Waals surface area contributed by atoms with E-state index in [2.05, 4.69) is 40.7 Å². The molecule has 96 valence electrons. The zero-order valence-corrected chi connectivity index (χ0v) is 11.7. The summed E-state index contributed by atoms with van der Waals surface area (Å²) in [6, 6.07) is 16.5. The first kappa shape index (κ1) is 12.2. The number of imidazole rings is 1. The third-order valence-electron chi connectivity index (χ3n) is 3.21. The van der Waals surface area contributed by atoms with E-state index in [-0.39, 0.29) is 5.38 Å². The Morgan fingerprint density at radius 1 is 1.11 bits per heavy atom. The Hall–Kier alpha value is -1.80. The van der Waals surface area contributed by atoms with Gasteiger partial charge in [-0.1, -0.05) is 24.3 Å². The fraction of sp³-hybridized carbons (Fsp3) is 0.188. The number of para-hydroxylation sites is 1. The molecule has 0 radical (unpaired) electrons. The van der Waals surface area contributed by atoms with Gasteiger partial charge in [0.1, 0.15) is 5.82 Å². The fourth-order valence-electron chi connectivity index (χ4n) is 2.32. The molecule has 3 aromatic rings. The molecule has 2 aromatic carbocycles. The number of aryl methyl sites for hydroxylation is 1. The Morgan fingerprint density at radius 2 is 1.84 bits per heavy atom. The summed E-state index contributed by atoms with van der Waals surface area (Å²) < 4.78 is 2.14. The van der Waals surface area contributed by atoms with Crippen LogP contribution in [0.2, 0.25) is 0 Å². The quantitative estimate of drug-likeness (QED) is 0.621. The number of halogens is 1. The summed E-state index contributed by atoms with van der Waals surface area (Å²) in [5, 5.41) is -0.132. The van der Waals surface area contributed by atoms with Crippen LogP contribution in [-0.4, -0.2) is 9.55 Å². The van der Waals surface area contributed by atoms with E-state index in [4.69, 9.17) is 11.6 Å². The molecular weight excluding hydrogens is 256 g/mol. The third kappa shape index (κ3) is 2.13. The minimum Gasteiger partial charge on any atom is -0.295 e. The summed E-state index contributed by atoms with van der Waals surface area (Å²) in [6.07, 6.45) is 0. The number of hydrogen-bond donors (Lipinski definition) is 0. The maximum absolute atomic E-state index is 6.29. The zero-order chi connectivity index (χ0) is 13.4. The second kappa shape index (κ2) is 4.71. The van der Waals surface area contributed by atoms with Crippen LogP contribution in [0.5, 0.6) is 0 Å². The molecule has 3 heteroatoms. The van der Waals surface area contributed by atoms with Crippen LogP contribution in [0.25, 0.3) is 16.7 Å². The number of alkyl halides is 1. The van der Waals surface area contributed by atoms with Crippen molar-refractivity contribution in [2.45, 2.75) is 19.2 Å². The van der Waals surface area contributed by atoms with Crippen LogP contribution in [0.4, 0.5) is 0 Å². The smallest absolute Gasteiger partial charge is 0.132 e. The minimum atomic E-state index is -0.132. The number of nitrogens with zero attached hydrogens (tertiary/aromatic N) is 2. The van der Waals surface area contributed by atoms with Crippen molar-refractivity contribution in [2.24, 2.45) is 0 Å². The second-order valence-corrected chi connectivity index (χ2v) is 5.40. The summed E-state index contributed by atoms with van der Waals surface area (Å²) in [7, 11) is 0. The predicted molar refractivity (Wildman–Crippen MR) is 80.1 cm³/mol. The number of benzene rings is 2. The normalized spacial score (nSPS) is 12.8. The third-order valence-corrected chi connectivity index (χ3v) is 3.40. The molecule has 0 fully saturated rings. The Kier molecular flexibility index (Phi) is 3.03. The Bertz CT molecular complexity index is 714. The molecule has 19 heavy (non-hydrogen) atoms. The molecule has 0 aliphatic heterocycles. The van der Waals surface area contributed by atoms with Gasteiger partial charge in [-0.15, -0.1) is 11.6 Å². The molecular formula is C16H15ClN2. The maximum Gasteiger partial charge on any atom is 0.132 e. The van der Waals surface area contributed by atoms with Gasteiger partial charge >= 0.3 is 0 Å². The molecule has 0 amide bonds. The minimum absolute atomic E-state index is 0.132. The van der Waals surface area contributed by atoms with Crippen LogP contribution < -0.4 is 0 Å². The standard InChI is InChI=1S/C16H15ClN2/c1-11-8-9-14-15(10-11)19(16(18-14)12(2)17)13-6-4-3-5-7-13/h3-10,12H,1-2H3.